The Balaban J connectivity index is 1.83. The maximum absolute atomic E-state index is 12.7. The molecule has 1 aliphatic carbocycles. The monoisotopic (exact) mass is 264 g/mol. The second-order valence-electron chi connectivity index (χ2n) is 6.96. The molecule has 0 aromatic carbocycles. The standard InChI is InChI=1S/C15H24N2O2/c1-15(2)8-5-7-12(15)17-10-13(18)16-9-4-3-6-11(16)14(17)19/h11-12H,3-10H2,1-2H3. The van der Waals surface area contributed by atoms with E-state index < -0.39 is 0 Å². The summed E-state index contributed by atoms with van der Waals surface area (Å²) in [5, 5.41) is 0. The molecule has 0 N–H and O–H groups in total. The van der Waals surface area contributed by atoms with Gasteiger partial charge in [-0.05, 0) is 37.5 Å². The molecule has 4 heteroatoms. The first-order chi connectivity index (χ1) is 9.00. The molecule has 3 rings (SSSR count). The van der Waals surface area contributed by atoms with Crippen molar-refractivity contribution in [2.24, 2.45) is 5.41 Å². The van der Waals surface area contributed by atoms with E-state index in [9.17, 15) is 9.59 Å². The average Bonchev–Trinajstić information content (AvgIpc) is 2.73. The number of nitrogens with zero attached hydrogens (tertiary/aromatic N) is 2. The summed E-state index contributed by atoms with van der Waals surface area (Å²) >= 11 is 0. The van der Waals surface area contributed by atoms with Crippen LogP contribution < -0.4 is 0 Å². The molecule has 2 amide bonds. The van der Waals surface area contributed by atoms with E-state index in [0.29, 0.717) is 6.54 Å². The minimum Gasteiger partial charge on any atom is -0.329 e. The van der Waals surface area contributed by atoms with Gasteiger partial charge in [0.05, 0.1) is 0 Å². The zero-order chi connectivity index (χ0) is 13.6. The molecule has 106 valence electrons. The Hall–Kier alpha value is -1.06. The van der Waals surface area contributed by atoms with E-state index in [1.165, 1.54) is 6.42 Å². The summed E-state index contributed by atoms with van der Waals surface area (Å²) in [6, 6.07) is 0.0967. The Kier molecular flexibility index (Phi) is 3.06. The summed E-state index contributed by atoms with van der Waals surface area (Å²) in [5.41, 5.74) is 0.160. The predicted molar refractivity (Wildman–Crippen MR) is 72.5 cm³/mol. The second-order valence-corrected chi connectivity index (χ2v) is 6.96. The fourth-order valence-corrected chi connectivity index (χ4v) is 4.14. The van der Waals surface area contributed by atoms with Crippen LogP contribution in [0, 0.1) is 5.41 Å². The molecule has 0 aromatic rings. The third-order valence-electron chi connectivity index (χ3n) is 5.27. The molecule has 3 fully saturated rings. The molecule has 0 aromatic heterocycles. The van der Waals surface area contributed by atoms with Crippen molar-refractivity contribution in [1.82, 2.24) is 9.80 Å². The van der Waals surface area contributed by atoms with Crippen LogP contribution in [-0.4, -0.2) is 46.8 Å². The Morgan fingerprint density at radius 3 is 2.53 bits per heavy atom. The van der Waals surface area contributed by atoms with Crippen molar-refractivity contribution >= 4 is 11.8 Å². The average molecular weight is 264 g/mol. The normalized spacial score (nSPS) is 34.6. The van der Waals surface area contributed by atoms with Crippen LogP contribution in [0.25, 0.3) is 0 Å². The molecule has 0 bridgehead atoms. The topological polar surface area (TPSA) is 40.6 Å². The summed E-state index contributed by atoms with van der Waals surface area (Å²) in [6.07, 6.45) is 6.35. The van der Waals surface area contributed by atoms with Gasteiger partial charge in [0.1, 0.15) is 12.6 Å². The summed E-state index contributed by atoms with van der Waals surface area (Å²) in [6.45, 7) is 5.55. The van der Waals surface area contributed by atoms with Crippen LogP contribution in [0.5, 0.6) is 0 Å². The van der Waals surface area contributed by atoms with Crippen molar-refractivity contribution in [3.63, 3.8) is 0 Å². The number of carbonyl (C=O) groups excluding carboxylic acids is 2. The first kappa shape index (κ1) is 12.9. The first-order valence-corrected chi connectivity index (χ1v) is 7.61. The lowest BCUT2D eigenvalue weighted by Crippen LogP contribution is -2.64. The number of fused-ring (bicyclic) bond motifs is 1. The van der Waals surface area contributed by atoms with Gasteiger partial charge in [-0.15, -0.1) is 0 Å². The molecule has 2 heterocycles. The van der Waals surface area contributed by atoms with Crippen LogP contribution in [0.15, 0.2) is 0 Å². The second kappa shape index (κ2) is 4.50. The molecule has 0 radical (unpaired) electrons. The van der Waals surface area contributed by atoms with Crippen LogP contribution in [0.4, 0.5) is 0 Å². The van der Waals surface area contributed by atoms with Crippen LogP contribution in [-0.2, 0) is 9.59 Å². The lowest BCUT2D eigenvalue weighted by Gasteiger charge is -2.47. The molecule has 4 nitrogen and oxygen atoms in total. The van der Waals surface area contributed by atoms with Gasteiger partial charge in [0, 0.05) is 12.6 Å². The van der Waals surface area contributed by atoms with Gasteiger partial charge in [-0.3, -0.25) is 9.59 Å². The van der Waals surface area contributed by atoms with Crippen molar-refractivity contribution in [2.45, 2.75) is 64.5 Å². The third-order valence-corrected chi connectivity index (χ3v) is 5.27. The smallest absolute Gasteiger partial charge is 0.246 e. The third kappa shape index (κ3) is 2.05. The van der Waals surface area contributed by atoms with E-state index in [2.05, 4.69) is 13.8 Å². The van der Waals surface area contributed by atoms with E-state index in [1.807, 2.05) is 9.80 Å². The lowest BCUT2D eigenvalue weighted by molar-refractivity contribution is -0.161. The lowest BCUT2D eigenvalue weighted by atomic mass is 9.85. The zero-order valence-corrected chi connectivity index (χ0v) is 12.0. The van der Waals surface area contributed by atoms with Crippen LogP contribution >= 0.6 is 0 Å². The van der Waals surface area contributed by atoms with Gasteiger partial charge in [-0.25, -0.2) is 0 Å². The number of piperidine rings is 1. The predicted octanol–water partition coefficient (Wildman–Crippen LogP) is 1.79. The maximum Gasteiger partial charge on any atom is 0.246 e. The molecular weight excluding hydrogens is 240 g/mol. The van der Waals surface area contributed by atoms with E-state index >= 15 is 0 Å². The molecule has 19 heavy (non-hydrogen) atoms. The van der Waals surface area contributed by atoms with Gasteiger partial charge in [0.2, 0.25) is 11.8 Å². The van der Waals surface area contributed by atoms with Crippen LogP contribution in [0.3, 0.4) is 0 Å². The molecule has 2 atom stereocenters. The minimum atomic E-state index is -0.161. The van der Waals surface area contributed by atoms with Crippen molar-refractivity contribution in [3.8, 4) is 0 Å². The molecule has 3 aliphatic rings. The van der Waals surface area contributed by atoms with E-state index in [1.54, 1.807) is 0 Å². The highest BCUT2D eigenvalue weighted by Crippen LogP contribution is 2.42. The highest BCUT2D eigenvalue weighted by atomic mass is 16.2. The Bertz CT molecular complexity index is 405. The van der Waals surface area contributed by atoms with E-state index in [-0.39, 0.29) is 29.3 Å². The fraction of sp³-hybridized carbons (Fsp3) is 0.867. The van der Waals surface area contributed by atoms with Gasteiger partial charge in [-0.2, -0.15) is 0 Å². The van der Waals surface area contributed by atoms with Gasteiger partial charge in [0.15, 0.2) is 0 Å². The van der Waals surface area contributed by atoms with Crippen LogP contribution in [0.1, 0.15) is 52.4 Å². The molecule has 0 spiro atoms. The summed E-state index contributed by atoms with van der Waals surface area (Å²) < 4.78 is 0. The van der Waals surface area contributed by atoms with Gasteiger partial charge >= 0.3 is 0 Å². The Morgan fingerprint density at radius 2 is 1.84 bits per heavy atom. The molecule has 1 saturated carbocycles. The largest absolute Gasteiger partial charge is 0.329 e. The van der Waals surface area contributed by atoms with Gasteiger partial charge < -0.3 is 9.80 Å². The van der Waals surface area contributed by atoms with Crippen molar-refractivity contribution in [2.75, 3.05) is 13.1 Å². The Labute approximate surface area is 115 Å². The summed E-state index contributed by atoms with van der Waals surface area (Å²) in [7, 11) is 0. The van der Waals surface area contributed by atoms with Gasteiger partial charge in [0.25, 0.3) is 0 Å². The Morgan fingerprint density at radius 1 is 1.05 bits per heavy atom. The number of piperazine rings is 1. The summed E-state index contributed by atoms with van der Waals surface area (Å²) in [4.78, 5) is 28.7. The van der Waals surface area contributed by atoms with Crippen molar-refractivity contribution in [3.05, 3.63) is 0 Å². The molecular formula is C15H24N2O2. The fourth-order valence-electron chi connectivity index (χ4n) is 4.14. The maximum atomic E-state index is 12.7. The molecule has 2 aliphatic heterocycles. The first-order valence-electron chi connectivity index (χ1n) is 7.61. The van der Waals surface area contributed by atoms with E-state index in [4.69, 9.17) is 0 Å². The highest BCUT2D eigenvalue weighted by molar-refractivity contribution is 5.95. The molecule has 2 saturated heterocycles. The number of hydrogen-bond donors (Lipinski definition) is 0. The number of rotatable bonds is 1. The molecule has 2 unspecified atom stereocenters. The van der Waals surface area contributed by atoms with Crippen molar-refractivity contribution in [1.29, 1.82) is 0 Å². The number of amides is 2. The quantitative estimate of drug-likeness (QED) is 0.724. The number of hydrogen-bond acceptors (Lipinski definition) is 2. The highest BCUT2D eigenvalue weighted by Gasteiger charge is 2.47. The summed E-state index contributed by atoms with van der Waals surface area (Å²) in [5.74, 6) is 0.367. The van der Waals surface area contributed by atoms with Crippen LogP contribution in [0.2, 0.25) is 0 Å². The minimum absolute atomic E-state index is 0.159. The SMILES string of the molecule is CC1(C)CCCC1N1CC(=O)N2CCCCC2C1=O. The van der Waals surface area contributed by atoms with Crippen molar-refractivity contribution < 1.29 is 9.59 Å². The van der Waals surface area contributed by atoms with E-state index in [0.717, 1.165) is 38.6 Å². The van der Waals surface area contributed by atoms with Gasteiger partial charge in [-0.1, -0.05) is 20.3 Å². The zero-order valence-electron chi connectivity index (χ0n) is 12.0. The number of carbonyl (C=O) groups is 2.